The maximum Gasteiger partial charge on any atom is 0.310 e. The van der Waals surface area contributed by atoms with Gasteiger partial charge < -0.3 is 5.11 Å². The molecule has 0 saturated heterocycles. The Balaban J connectivity index is 2.28. The Kier molecular flexibility index (Phi) is 3.95. The zero-order chi connectivity index (χ0) is 13.8. The van der Waals surface area contributed by atoms with Crippen LogP contribution in [0.15, 0.2) is 48.1 Å². The van der Waals surface area contributed by atoms with Crippen molar-refractivity contribution in [2.75, 3.05) is 0 Å². The molecule has 1 N–H and O–H groups in total. The van der Waals surface area contributed by atoms with Gasteiger partial charge in [0.25, 0.3) is 0 Å². The lowest BCUT2D eigenvalue weighted by molar-refractivity contribution is -0.138. The quantitative estimate of drug-likeness (QED) is 0.841. The average molecular weight is 256 g/mol. The lowest BCUT2D eigenvalue weighted by Crippen LogP contribution is -2.09. The van der Waals surface area contributed by atoms with Crippen LogP contribution in [0.3, 0.4) is 0 Å². The van der Waals surface area contributed by atoms with Gasteiger partial charge in [0.2, 0.25) is 0 Å². The van der Waals surface area contributed by atoms with Crippen molar-refractivity contribution in [1.82, 2.24) is 0 Å². The molecule has 0 aromatic heterocycles. The Morgan fingerprint density at radius 3 is 2.68 bits per heavy atom. The summed E-state index contributed by atoms with van der Waals surface area (Å²) in [5.41, 5.74) is 1.88. The standard InChI is InChI=1S/C16H16O3/c1-11(16(18)19)13-8-5-9-14(10-13)15(17)12-6-3-2-4-7-12/h3,5-11H,2,4H2,1H3,(H,18,19)/t11-/m0/s1. The number of carbonyl (C=O) groups excluding carboxylic acids is 1. The normalized spacial score (nSPS) is 15.7. The monoisotopic (exact) mass is 256 g/mol. The van der Waals surface area contributed by atoms with Gasteiger partial charge in [-0.05, 0) is 31.4 Å². The number of allylic oxidation sites excluding steroid dienone is 4. The van der Waals surface area contributed by atoms with Gasteiger partial charge in [-0.2, -0.15) is 0 Å². The van der Waals surface area contributed by atoms with Crippen molar-refractivity contribution in [3.63, 3.8) is 0 Å². The fourth-order valence-corrected chi connectivity index (χ4v) is 2.04. The minimum Gasteiger partial charge on any atom is -0.481 e. The van der Waals surface area contributed by atoms with E-state index in [-0.39, 0.29) is 5.78 Å². The van der Waals surface area contributed by atoms with Crippen molar-refractivity contribution in [2.45, 2.75) is 25.7 Å². The molecule has 2 rings (SSSR count). The zero-order valence-corrected chi connectivity index (χ0v) is 10.8. The summed E-state index contributed by atoms with van der Waals surface area (Å²) < 4.78 is 0. The van der Waals surface area contributed by atoms with E-state index in [1.165, 1.54) is 0 Å². The van der Waals surface area contributed by atoms with Gasteiger partial charge in [-0.3, -0.25) is 9.59 Å². The first-order valence-corrected chi connectivity index (χ1v) is 6.34. The first kappa shape index (κ1) is 13.3. The summed E-state index contributed by atoms with van der Waals surface area (Å²) in [7, 11) is 0. The minimum atomic E-state index is -0.888. The van der Waals surface area contributed by atoms with Gasteiger partial charge in [0.05, 0.1) is 5.92 Å². The zero-order valence-electron chi connectivity index (χ0n) is 10.8. The molecule has 0 spiro atoms. The van der Waals surface area contributed by atoms with Crippen LogP contribution in [0.25, 0.3) is 0 Å². The molecule has 3 heteroatoms. The number of hydrogen-bond donors (Lipinski definition) is 1. The third-order valence-electron chi connectivity index (χ3n) is 3.28. The first-order chi connectivity index (χ1) is 9.09. The molecular weight excluding hydrogens is 240 g/mol. The van der Waals surface area contributed by atoms with Crippen LogP contribution in [-0.4, -0.2) is 16.9 Å². The van der Waals surface area contributed by atoms with E-state index >= 15 is 0 Å². The van der Waals surface area contributed by atoms with E-state index in [1.807, 2.05) is 18.2 Å². The highest BCUT2D eigenvalue weighted by molar-refractivity contribution is 6.10. The van der Waals surface area contributed by atoms with E-state index in [2.05, 4.69) is 0 Å². The second-order valence-corrected chi connectivity index (χ2v) is 4.65. The number of Topliss-reactive ketones (excluding diaryl/α,β-unsaturated/α-hetero) is 1. The van der Waals surface area contributed by atoms with Gasteiger partial charge in [-0.15, -0.1) is 0 Å². The summed E-state index contributed by atoms with van der Waals surface area (Å²) in [6.07, 6.45) is 7.58. The van der Waals surface area contributed by atoms with E-state index in [0.717, 1.165) is 12.8 Å². The second-order valence-electron chi connectivity index (χ2n) is 4.65. The van der Waals surface area contributed by atoms with Crippen molar-refractivity contribution >= 4 is 11.8 Å². The Morgan fingerprint density at radius 1 is 1.26 bits per heavy atom. The summed E-state index contributed by atoms with van der Waals surface area (Å²) in [6.45, 7) is 1.62. The summed E-state index contributed by atoms with van der Waals surface area (Å²) in [6, 6.07) is 6.86. The van der Waals surface area contributed by atoms with Crippen molar-refractivity contribution in [3.8, 4) is 0 Å². The Morgan fingerprint density at radius 2 is 2.05 bits per heavy atom. The Bertz CT molecular complexity index is 567. The fraction of sp³-hybridized carbons (Fsp3) is 0.250. The van der Waals surface area contributed by atoms with Crippen LogP contribution in [0.5, 0.6) is 0 Å². The number of aliphatic carboxylic acids is 1. The molecule has 1 aromatic carbocycles. The lowest BCUT2D eigenvalue weighted by atomic mass is 9.94. The molecular formula is C16H16O3. The highest BCUT2D eigenvalue weighted by Crippen LogP contribution is 2.20. The summed E-state index contributed by atoms with van der Waals surface area (Å²) in [4.78, 5) is 23.3. The molecule has 98 valence electrons. The molecule has 1 aromatic rings. The third-order valence-corrected chi connectivity index (χ3v) is 3.28. The van der Waals surface area contributed by atoms with Crippen LogP contribution in [0.2, 0.25) is 0 Å². The number of rotatable bonds is 4. The molecule has 0 radical (unpaired) electrons. The summed E-state index contributed by atoms with van der Waals surface area (Å²) in [5, 5.41) is 9.01. The van der Waals surface area contributed by atoms with Gasteiger partial charge in [0, 0.05) is 11.1 Å². The first-order valence-electron chi connectivity index (χ1n) is 6.34. The number of hydrogen-bond acceptors (Lipinski definition) is 2. The number of ketones is 1. The van der Waals surface area contributed by atoms with Crippen LogP contribution in [0.1, 0.15) is 41.6 Å². The molecule has 0 unspecified atom stereocenters. The Labute approximate surface area is 112 Å². The molecule has 1 atom stereocenters. The molecule has 0 aliphatic heterocycles. The molecule has 0 amide bonds. The van der Waals surface area contributed by atoms with E-state index in [9.17, 15) is 9.59 Å². The molecule has 1 aliphatic carbocycles. The molecule has 3 nitrogen and oxygen atoms in total. The Hall–Kier alpha value is -2.16. The highest BCUT2D eigenvalue weighted by Gasteiger charge is 2.16. The highest BCUT2D eigenvalue weighted by atomic mass is 16.4. The fourth-order valence-electron chi connectivity index (χ4n) is 2.04. The maximum absolute atomic E-state index is 12.3. The van der Waals surface area contributed by atoms with Crippen LogP contribution in [0.4, 0.5) is 0 Å². The number of carbonyl (C=O) groups is 2. The summed E-state index contributed by atoms with van der Waals surface area (Å²) in [5.74, 6) is -1.54. The SMILES string of the molecule is C[C@H](C(=O)O)c1cccc(C(=O)C2=CCCC=C2)c1. The van der Waals surface area contributed by atoms with Crippen LogP contribution < -0.4 is 0 Å². The van der Waals surface area contributed by atoms with Gasteiger partial charge in [0.1, 0.15) is 0 Å². The lowest BCUT2D eigenvalue weighted by Gasteiger charge is -2.10. The molecule has 1 aliphatic rings. The van der Waals surface area contributed by atoms with Gasteiger partial charge in [-0.1, -0.05) is 36.4 Å². The maximum atomic E-state index is 12.3. The van der Waals surface area contributed by atoms with E-state index < -0.39 is 11.9 Å². The smallest absolute Gasteiger partial charge is 0.310 e. The van der Waals surface area contributed by atoms with Gasteiger partial charge in [-0.25, -0.2) is 0 Å². The van der Waals surface area contributed by atoms with E-state index in [0.29, 0.717) is 16.7 Å². The molecule has 19 heavy (non-hydrogen) atoms. The number of benzene rings is 1. The van der Waals surface area contributed by atoms with Gasteiger partial charge in [0.15, 0.2) is 5.78 Å². The van der Waals surface area contributed by atoms with Gasteiger partial charge >= 0.3 is 5.97 Å². The van der Waals surface area contributed by atoms with Crippen LogP contribution >= 0.6 is 0 Å². The molecule has 0 fully saturated rings. The van der Waals surface area contributed by atoms with E-state index in [4.69, 9.17) is 5.11 Å². The minimum absolute atomic E-state index is 0.0459. The van der Waals surface area contributed by atoms with Crippen molar-refractivity contribution in [1.29, 1.82) is 0 Å². The largest absolute Gasteiger partial charge is 0.481 e. The second kappa shape index (κ2) is 5.65. The van der Waals surface area contributed by atoms with Crippen LogP contribution in [-0.2, 0) is 4.79 Å². The third kappa shape index (κ3) is 2.99. The summed E-state index contributed by atoms with van der Waals surface area (Å²) >= 11 is 0. The average Bonchev–Trinajstić information content (AvgIpc) is 2.46. The van der Waals surface area contributed by atoms with E-state index in [1.54, 1.807) is 31.2 Å². The predicted octanol–water partition coefficient (Wildman–Crippen LogP) is 3.33. The topological polar surface area (TPSA) is 54.4 Å². The van der Waals surface area contributed by atoms with Crippen molar-refractivity contribution in [3.05, 3.63) is 59.2 Å². The molecule has 0 saturated carbocycles. The predicted molar refractivity (Wildman–Crippen MR) is 73.3 cm³/mol. The number of carboxylic acids is 1. The van der Waals surface area contributed by atoms with Crippen molar-refractivity contribution in [2.24, 2.45) is 0 Å². The van der Waals surface area contributed by atoms with Crippen molar-refractivity contribution < 1.29 is 14.7 Å². The number of carboxylic acid groups (broad SMARTS) is 1. The molecule has 0 heterocycles. The molecule has 0 bridgehead atoms. The van der Waals surface area contributed by atoms with Crippen LogP contribution in [0, 0.1) is 0 Å².